The highest BCUT2D eigenvalue weighted by molar-refractivity contribution is 6.07. The van der Waals surface area contributed by atoms with E-state index in [4.69, 9.17) is 5.11 Å². The molecule has 1 heterocycles. The van der Waals surface area contributed by atoms with Gasteiger partial charge in [-0.3, -0.25) is 14.4 Å². The van der Waals surface area contributed by atoms with Gasteiger partial charge in [-0.2, -0.15) is 0 Å². The highest BCUT2D eigenvalue weighted by Gasteiger charge is 2.46. The number of hydrogen-bond donors (Lipinski definition) is 1. The van der Waals surface area contributed by atoms with Gasteiger partial charge in [0.2, 0.25) is 5.91 Å². The number of alkyl halides is 3. The van der Waals surface area contributed by atoms with E-state index in [-0.39, 0.29) is 42.2 Å². The smallest absolute Gasteiger partial charge is 0.481 e. The molecule has 184 valence electrons. The fourth-order valence-corrected chi connectivity index (χ4v) is 4.81. The number of aliphatic carboxylic acids is 1. The van der Waals surface area contributed by atoms with Crippen LogP contribution in [0.2, 0.25) is 0 Å². The molecule has 2 amide bonds. The first-order valence-corrected chi connectivity index (χ1v) is 11.0. The quantitative estimate of drug-likeness (QED) is 0.603. The molecule has 7 nitrogen and oxygen atoms in total. The minimum absolute atomic E-state index is 0.138. The average Bonchev–Trinajstić information content (AvgIpc) is 3.28. The van der Waals surface area contributed by atoms with E-state index in [1.807, 2.05) is 18.2 Å². The van der Waals surface area contributed by atoms with Crippen LogP contribution < -0.4 is 9.64 Å². The summed E-state index contributed by atoms with van der Waals surface area (Å²) in [6.45, 7) is 0. The lowest BCUT2D eigenvalue weighted by Crippen LogP contribution is -2.51. The number of nitrogens with zero attached hydrogens (tertiary/aromatic N) is 2. The highest BCUT2D eigenvalue weighted by Crippen LogP contribution is 2.48. The summed E-state index contributed by atoms with van der Waals surface area (Å²) >= 11 is 0. The number of rotatable bonds is 6. The fourth-order valence-electron chi connectivity index (χ4n) is 4.81. The van der Waals surface area contributed by atoms with E-state index in [1.165, 1.54) is 12.1 Å². The summed E-state index contributed by atoms with van der Waals surface area (Å²) in [5.41, 5.74) is 1.53. The molecule has 35 heavy (non-hydrogen) atoms. The molecule has 0 radical (unpaired) electrons. The molecule has 0 spiro atoms. The topological polar surface area (TPSA) is 87.2 Å². The maximum atomic E-state index is 13.6. The van der Waals surface area contributed by atoms with Crippen LogP contribution in [-0.2, 0) is 9.59 Å². The molecule has 0 aromatic heterocycles. The number of para-hydroxylation sites is 1. The second kappa shape index (κ2) is 9.44. The van der Waals surface area contributed by atoms with Crippen molar-refractivity contribution in [3.63, 3.8) is 0 Å². The molecule has 3 atom stereocenters. The summed E-state index contributed by atoms with van der Waals surface area (Å²) in [6, 6.07) is 11.2. The van der Waals surface area contributed by atoms with Gasteiger partial charge in [0.05, 0.1) is 12.5 Å². The van der Waals surface area contributed by atoms with Crippen LogP contribution in [0.5, 0.6) is 5.75 Å². The molecule has 2 aliphatic rings. The molecule has 1 N–H and O–H groups in total. The summed E-state index contributed by atoms with van der Waals surface area (Å²) < 4.78 is 41.4. The molecule has 1 aliphatic heterocycles. The molecule has 4 rings (SSSR count). The number of carboxylic acid groups (broad SMARTS) is 1. The third-order valence-electron chi connectivity index (χ3n) is 6.31. The Bertz CT molecular complexity index is 1160. The normalized spacial score (nSPS) is 20.7. The van der Waals surface area contributed by atoms with Crippen LogP contribution in [0.25, 0.3) is 0 Å². The van der Waals surface area contributed by atoms with E-state index in [0.717, 1.165) is 17.7 Å². The summed E-state index contributed by atoms with van der Waals surface area (Å²) in [7, 11) is 1.63. The van der Waals surface area contributed by atoms with Crippen LogP contribution in [0, 0.1) is 5.92 Å². The van der Waals surface area contributed by atoms with Crippen LogP contribution >= 0.6 is 0 Å². The lowest BCUT2D eigenvalue weighted by Gasteiger charge is -2.46. The van der Waals surface area contributed by atoms with Gasteiger partial charge in [0.15, 0.2) is 0 Å². The molecule has 0 saturated heterocycles. The Morgan fingerprint density at radius 1 is 1.09 bits per heavy atom. The van der Waals surface area contributed by atoms with Crippen molar-refractivity contribution >= 4 is 23.5 Å². The van der Waals surface area contributed by atoms with Crippen molar-refractivity contribution in [2.24, 2.45) is 5.92 Å². The molecule has 0 bridgehead atoms. The minimum atomic E-state index is -4.83. The number of anilines is 1. The molecule has 10 heteroatoms. The molecule has 2 aromatic carbocycles. The fraction of sp³-hybridized carbons (Fsp3) is 0.320. The first kappa shape index (κ1) is 24.3. The SMILES string of the molecule is CN(C(=O)CCC(=O)O)C1c2ccccc2N(C(=O)c2ccc(OC(F)(F)F)cc2)C2CC=CC12. The van der Waals surface area contributed by atoms with Gasteiger partial charge < -0.3 is 19.6 Å². The lowest BCUT2D eigenvalue weighted by molar-refractivity contribution is -0.274. The van der Waals surface area contributed by atoms with Crippen molar-refractivity contribution in [3.05, 3.63) is 71.8 Å². The first-order valence-electron chi connectivity index (χ1n) is 11.0. The Labute approximate surface area is 199 Å². The molecule has 0 fully saturated rings. The maximum absolute atomic E-state index is 13.6. The third kappa shape index (κ3) is 5.01. The van der Waals surface area contributed by atoms with Gasteiger partial charge in [0.1, 0.15) is 5.75 Å². The number of fused-ring (bicyclic) bond motifs is 2. The Kier molecular flexibility index (Phi) is 6.56. The Morgan fingerprint density at radius 3 is 2.43 bits per heavy atom. The van der Waals surface area contributed by atoms with Gasteiger partial charge in [0.25, 0.3) is 5.91 Å². The van der Waals surface area contributed by atoms with Crippen LogP contribution in [0.4, 0.5) is 18.9 Å². The predicted molar refractivity (Wildman–Crippen MR) is 120 cm³/mol. The van der Waals surface area contributed by atoms with E-state index < -0.39 is 24.1 Å². The summed E-state index contributed by atoms with van der Waals surface area (Å²) in [5, 5.41) is 8.95. The number of carboxylic acids is 1. The van der Waals surface area contributed by atoms with Gasteiger partial charge in [-0.15, -0.1) is 13.2 Å². The molecular formula is C25H23F3N2O5. The lowest BCUT2D eigenvalue weighted by atomic mass is 9.81. The zero-order valence-corrected chi connectivity index (χ0v) is 18.7. The molecular weight excluding hydrogens is 465 g/mol. The number of benzene rings is 2. The van der Waals surface area contributed by atoms with Crippen molar-refractivity contribution < 1.29 is 37.4 Å². The van der Waals surface area contributed by atoms with Crippen molar-refractivity contribution in [3.8, 4) is 5.75 Å². The van der Waals surface area contributed by atoms with Gasteiger partial charge in [-0.25, -0.2) is 0 Å². The molecule has 2 aromatic rings. The Balaban J connectivity index is 1.66. The van der Waals surface area contributed by atoms with Crippen molar-refractivity contribution in [1.82, 2.24) is 4.90 Å². The van der Waals surface area contributed by atoms with E-state index in [0.29, 0.717) is 12.1 Å². The number of ether oxygens (including phenoxy) is 1. The average molecular weight is 488 g/mol. The standard InChI is InChI=1S/C25H23F3N2O5/c1-29(21(31)13-14-22(32)33)23-17-5-2-3-7-19(17)30(20-8-4-6-18(20)23)24(34)15-9-11-16(12-10-15)35-25(26,27)28/h2-7,9-12,18,20,23H,8,13-14H2,1H3,(H,32,33). The Morgan fingerprint density at radius 2 is 1.77 bits per heavy atom. The molecule has 1 aliphatic carbocycles. The van der Waals surface area contributed by atoms with Crippen LogP contribution in [0.1, 0.15) is 41.2 Å². The van der Waals surface area contributed by atoms with Crippen LogP contribution in [-0.4, -0.2) is 47.2 Å². The summed E-state index contributed by atoms with van der Waals surface area (Å²) in [4.78, 5) is 40.5. The monoisotopic (exact) mass is 488 g/mol. The number of amides is 2. The van der Waals surface area contributed by atoms with Crippen molar-refractivity contribution in [2.75, 3.05) is 11.9 Å². The van der Waals surface area contributed by atoms with Crippen molar-refractivity contribution in [2.45, 2.75) is 37.7 Å². The number of hydrogen-bond acceptors (Lipinski definition) is 4. The summed E-state index contributed by atoms with van der Waals surface area (Å²) in [6.07, 6.45) is -0.825. The number of carbonyl (C=O) groups is 3. The second-order valence-corrected chi connectivity index (χ2v) is 8.46. The second-order valence-electron chi connectivity index (χ2n) is 8.46. The number of halogens is 3. The van der Waals surface area contributed by atoms with Crippen LogP contribution in [0.3, 0.4) is 0 Å². The minimum Gasteiger partial charge on any atom is -0.481 e. The molecule has 0 saturated carbocycles. The van der Waals surface area contributed by atoms with Gasteiger partial charge in [-0.05, 0) is 42.3 Å². The van der Waals surface area contributed by atoms with Gasteiger partial charge in [-0.1, -0.05) is 30.4 Å². The van der Waals surface area contributed by atoms with E-state index in [9.17, 15) is 27.6 Å². The van der Waals surface area contributed by atoms with Gasteiger partial charge >= 0.3 is 12.3 Å². The van der Waals surface area contributed by atoms with Gasteiger partial charge in [0, 0.05) is 36.7 Å². The van der Waals surface area contributed by atoms with E-state index in [1.54, 1.807) is 35.0 Å². The largest absolute Gasteiger partial charge is 0.573 e. The Hall–Kier alpha value is -3.82. The van der Waals surface area contributed by atoms with Crippen LogP contribution in [0.15, 0.2) is 60.7 Å². The first-order chi connectivity index (χ1) is 16.6. The zero-order chi connectivity index (χ0) is 25.3. The van der Waals surface area contributed by atoms with E-state index in [2.05, 4.69) is 4.74 Å². The number of carbonyl (C=O) groups excluding carboxylic acids is 2. The highest BCUT2D eigenvalue weighted by atomic mass is 19.4. The predicted octanol–water partition coefficient (Wildman–Crippen LogP) is 4.55. The third-order valence-corrected chi connectivity index (χ3v) is 6.31. The zero-order valence-electron chi connectivity index (χ0n) is 18.7. The maximum Gasteiger partial charge on any atom is 0.573 e. The molecule has 3 unspecified atom stereocenters. The van der Waals surface area contributed by atoms with E-state index >= 15 is 0 Å². The van der Waals surface area contributed by atoms with Crippen molar-refractivity contribution in [1.29, 1.82) is 0 Å². The summed E-state index contributed by atoms with van der Waals surface area (Å²) in [5.74, 6) is -2.41.